The Bertz CT molecular complexity index is 617. The zero-order valence-corrected chi connectivity index (χ0v) is 12.8. The van der Waals surface area contributed by atoms with Gasteiger partial charge in [0.1, 0.15) is 0 Å². The van der Waals surface area contributed by atoms with Gasteiger partial charge in [-0.1, -0.05) is 12.1 Å². The van der Waals surface area contributed by atoms with Gasteiger partial charge in [-0.15, -0.1) is 0 Å². The monoisotopic (exact) mass is 329 g/mol. The van der Waals surface area contributed by atoms with Crippen LogP contribution in [0, 0.1) is 10.1 Å². The second-order valence-electron chi connectivity index (χ2n) is 5.31. The highest BCUT2D eigenvalue weighted by Crippen LogP contribution is 2.12. The van der Waals surface area contributed by atoms with Gasteiger partial charge in [0.05, 0.1) is 22.5 Å². The zero-order valence-electron chi connectivity index (χ0n) is 11.9. The van der Waals surface area contributed by atoms with E-state index in [0.717, 1.165) is 5.56 Å². The summed E-state index contributed by atoms with van der Waals surface area (Å²) >= 11 is 0. The first-order valence-corrected chi connectivity index (χ1v) is 8.75. The Hall–Kier alpha value is -1.55. The highest BCUT2D eigenvalue weighted by atomic mass is 32.2. The number of nitro groups is 1. The SMILES string of the molecule is O=[N+]([O-])c1ccc(CNCCN[C@@H]2CS(=O)(=O)C[C@H]2O)cc1. The fourth-order valence-corrected chi connectivity index (χ4v) is 4.11. The van der Waals surface area contributed by atoms with Crippen LogP contribution in [-0.4, -0.2) is 55.2 Å². The van der Waals surface area contributed by atoms with E-state index in [2.05, 4.69) is 10.6 Å². The molecule has 22 heavy (non-hydrogen) atoms. The fraction of sp³-hybridized carbons (Fsp3) is 0.538. The molecule has 0 unspecified atom stereocenters. The van der Waals surface area contributed by atoms with Crippen LogP contribution >= 0.6 is 0 Å². The molecule has 0 amide bonds. The third kappa shape index (κ3) is 4.73. The predicted octanol–water partition coefficient (Wildman–Crippen LogP) is -0.568. The maximum absolute atomic E-state index is 11.3. The molecule has 1 fully saturated rings. The van der Waals surface area contributed by atoms with Crippen molar-refractivity contribution in [1.82, 2.24) is 10.6 Å². The summed E-state index contributed by atoms with van der Waals surface area (Å²) in [6.07, 6.45) is -0.848. The number of hydrogen-bond donors (Lipinski definition) is 3. The summed E-state index contributed by atoms with van der Waals surface area (Å²) in [6.45, 7) is 1.69. The molecule has 0 aromatic heterocycles. The van der Waals surface area contributed by atoms with Crippen LogP contribution < -0.4 is 10.6 Å². The van der Waals surface area contributed by atoms with Gasteiger partial charge in [-0.05, 0) is 5.56 Å². The van der Waals surface area contributed by atoms with Crippen molar-refractivity contribution >= 4 is 15.5 Å². The van der Waals surface area contributed by atoms with E-state index in [0.29, 0.717) is 19.6 Å². The minimum Gasteiger partial charge on any atom is -0.390 e. The molecule has 1 saturated heterocycles. The van der Waals surface area contributed by atoms with Gasteiger partial charge in [0.25, 0.3) is 5.69 Å². The molecule has 122 valence electrons. The third-order valence-electron chi connectivity index (χ3n) is 3.51. The lowest BCUT2D eigenvalue weighted by atomic mass is 10.2. The predicted molar refractivity (Wildman–Crippen MR) is 81.3 cm³/mol. The first kappa shape index (κ1) is 16.8. The molecule has 0 saturated carbocycles. The standard InChI is InChI=1S/C13H19N3O5S/c17-13-9-22(20,21)8-12(13)15-6-5-14-7-10-1-3-11(4-2-10)16(18)19/h1-4,12-15,17H,5-9H2/t12-,13-/m1/s1. The van der Waals surface area contributed by atoms with E-state index < -0.39 is 26.9 Å². The van der Waals surface area contributed by atoms with Gasteiger partial charge in [0.2, 0.25) is 0 Å². The van der Waals surface area contributed by atoms with Crippen molar-refractivity contribution in [2.75, 3.05) is 24.6 Å². The number of aliphatic hydroxyl groups excluding tert-OH is 1. The van der Waals surface area contributed by atoms with Gasteiger partial charge in [-0.25, -0.2) is 8.42 Å². The van der Waals surface area contributed by atoms with E-state index in [-0.39, 0.29) is 17.2 Å². The lowest BCUT2D eigenvalue weighted by Crippen LogP contribution is -2.42. The average Bonchev–Trinajstić information content (AvgIpc) is 2.71. The molecule has 0 radical (unpaired) electrons. The molecule has 1 aliphatic rings. The Morgan fingerprint density at radius 2 is 1.91 bits per heavy atom. The Morgan fingerprint density at radius 3 is 2.45 bits per heavy atom. The van der Waals surface area contributed by atoms with E-state index in [9.17, 15) is 23.6 Å². The maximum atomic E-state index is 11.3. The zero-order chi connectivity index (χ0) is 16.2. The van der Waals surface area contributed by atoms with E-state index in [4.69, 9.17) is 0 Å². The lowest BCUT2D eigenvalue weighted by Gasteiger charge is -2.15. The molecule has 0 spiro atoms. The quantitative estimate of drug-likeness (QED) is 0.348. The van der Waals surface area contributed by atoms with Gasteiger partial charge >= 0.3 is 0 Å². The van der Waals surface area contributed by atoms with E-state index in [1.54, 1.807) is 12.1 Å². The first-order valence-electron chi connectivity index (χ1n) is 6.93. The number of nitro benzene ring substituents is 1. The lowest BCUT2D eigenvalue weighted by molar-refractivity contribution is -0.384. The number of nitrogens with zero attached hydrogens (tertiary/aromatic N) is 1. The minimum atomic E-state index is -3.13. The largest absolute Gasteiger partial charge is 0.390 e. The molecule has 3 N–H and O–H groups in total. The molecule has 2 rings (SSSR count). The van der Waals surface area contributed by atoms with Crippen molar-refractivity contribution in [3.63, 3.8) is 0 Å². The summed E-state index contributed by atoms with van der Waals surface area (Å²) in [5.41, 5.74) is 0.982. The van der Waals surface area contributed by atoms with Crippen molar-refractivity contribution in [3.8, 4) is 0 Å². The Kier molecular flexibility index (Phi) is 5.46. The fourth-order valence-electron chi connectivity index (χ4n) is 2.34. The van der Waals surface area contributed by atoms with Crippen LogP contribution in [0.4, 0.5) is 5.69 Å². The normalized spacial score (nSPS) is 23.5. The molecule has 1 aromatic rings. The smallest absolute Gasteiger partial charge is 0.269 e. The molecule has 1 aromatic carbocycles. The number of rotatable bonds is 7. The van der Waals surface area contributed by atoms with Crippen LogP contribution in [0.25, 0.3) is 0 Å². The van der Waals surface area contributed by atoms with Gasteiger partial charge in [0, 0.05) is 37.8 Å². The summed E-state index contributed by atoms with van der Waals surface area (Å²) in [5, 5.41) is 26.3. The van der Waals surface area contributed by atoms with Crippen LogP contribution in [0.3, 0.4) is 0 Å². The summed E-state index contributed by atoms with van der Waals surface area (Å²) < 4.78 is 22.7. The second kappa shape index (κ2) is 7.14. The summed E-state index contributed by atoms with van der Waals surface area (Å²) in [6, 6.07) is 5.87. The summed E-state index contributed by atoms with van der Waals surface area (Å²) in [7, 11) is -3.13. The van der Waals surface area contributed by atoms with Gasteiger partial charge < -0.3 is 15.7 Å². The minimum absolute atomic E-state index is 0.0312. The molecule has 8 nitrogen and oxygen atoms in total. The van der Waals surface area contributed by atoms with Crippen molar-refractivity contribution in [2.24, 2.45) is 0 Å². The van der Waals surface area contributed by atoms with Crippen LogP contribution in [0.2, 0.25) is 0 Å². The van der Waals surface area contributed by atoms with Crippen molar-refractivity contribution in [2.45, 2.75) is 18.7 Å². The number of aliphatic hydroxyl groups is 1. The van der Waals surface area contributed by atoms with Crippen LogP contribution in [0.15, 0.2) is 24.3 Å². The highest BCUT2D eigenvalue weighted by Gasteiger charge is 2.35. The molecule has 1 aliphatic heterocycles. The molecule has 9 heteroatoms. The molecule has 0 bridgehead atoms. The Morgan fingerprint density at radius 1 is 1.23 bits per heavy atom. The summed E-state index contributed by atoms with van der Waals surface area (Å²) in [5.74, 6) is -0.211. The van der Waals surface area contributed by atoms with Gasteiger partial charge in [-0.3, -0.25) is 10.1 Å². The van der Waals surface area contributed by atoms with Crippen LogP contribution in [0.5, 0.6) is 0 Å². The van der Waals surface area contributed by atoms with E-state index >= 15 is 0 Å². The Balaban J connectivity index is 1.66. The number of sulfone groups is 1. The molecule has 2 atom stereocenters. The maximum Gasteiger partial charge on any atom is 0.269 e. The van der Waals surface area contributed by atoms with Gasteiger partial charge in [-0.2, -0.15) is 0 Å². The molecular weight excluding hydrogens is 310 g/mol. The first-order chi connectivity index (χ1) is 10.4. The number of benzene rings is 1. The van der Waals surface area contributed by atoms with Crippen molar-refractivity contribution < 1.29 is 18.4 Å². The third-order valence-corrected chi connectivity index (χ3v) is 5.22. The highest BCUT2D eigenvalue weighted by molar-refractivity contribution is 7.91. The molecule has 0 aliphatic carbocycles. The van der Waals surface area contributed by atoms with Crippen molar-refractivity contribution in [3.05, 3.63) is 39.9 Å². The van der Waals surface area contributed by atoms with Crippen LogP contribution in [0.1, 0.15) is 5.56 Å². The Labute approximate surface area is 128 Å². The van der Waals surface area contributed by atoms with E-state index in [1.165, 1.54) is 12.1 Å². The summed E-state index contributed by atoms with van der Waals surface area (Å²) in [4.78, 5) is 10.1. The second-order valence-corrected chi connectivity index (χ2v) is 7.46. The molecule has 1 heterocycles. The average molecular weight is 329 g/mol. The van der Waals surface area contributed by atoms with Crippen LogP contribution in [-0.2, 0) is 16.4 Å². The van der Waals surface area contributed by atoms with E-state index in [1.807, 2.05) is 0 Å². The topological polar surface area (TPSA) is 122 Å². The van der Waals surface area contributed by atoms with Crippen molar-refractivity contribution in [1.29, 1.82) is 0 Å². The number of non-ortho nitro benzene ring substituents is 1. The number of hydrogen-bond acceptors (Lipinski definition) is 7. The molecular formula is C13H19N3O5S. The van der Waals surface area contributed by atoms with Gasteiger partial charge in [0.15, 0.2) is 9.84 Å². The number of nitrogens with one attached hydrogen (secondary N) is 2.